The van der Waals surface area contributed by atoms with Crippen LogP contribution in [0.3, 0.4) is 0 Å². The third-order valence-electron chi connectivity index (χ3n) is 1.67. The van der Waals surface area contributed by atoms with Crippen molar-refractivity contribution >= 4 is 21.5 Å². The number of fused-ring (bicyclic) bond motifs is 1. The topological polar surface area (TPSA) is 85.1 Å². The van der Waals surface area contributed by atoms with Gasteiger partial charge in [0.15, 0.2) is 0 Å². The summed E-state index contributed by atoms with van der Waals surface area (Å²) < 4.78 is 24.4. The van der Waals surface area contributed by atoms with Crippen LogP contribution in [0.15, 0.2) is 12.3 Å². The average molecular weight is 185 g/mol. The smallest absolute Gasteiger partial charge is 0.237 e. The lowest BCUT2D eigenvalue weighted by Gasteiger charge is -1.99. The maximum atomic E-state index is 11.0. The van der Waals surface area contributed by atoms with E-state index in [2.05, 4.69) is 9.71 Å². The van der Waals surface area contributed by atoms with Gasteiger partial charge in [0.2, 0.25) is 10.0 Å². The quantitative estimate of drug-likeness (QED) is 0.592. The molecule has 2 heterocycles. The molecule has 0 aliphatic carbocycles. The van der Waals surface area contributed by atoms with Crippen molar-refractivity contribution in [3.05, 3.63) is 17.8 Å². The summed E-state index contributed by atoms with van der Waals surface area (Å²) in [6.45, 7) is 0. The van der Waals surface area contributed by atoms with E-state index in [1.54, 1.807) is 6.07 Å². The van der Waals surface area contributed by atoms with Crippen LogP contribution < -0.4 is 10.5 Å². The predicted octanol–water partition coefficient (Wildman–Crippen LogP) is -0.0809. The Morgan fingerprint density at radius 2 is 2.33 bits per heavy atom. The summed E-state index contributed by atoms with van der Waals surface area (Å²) in [6, 6.07) is 1.64. The number of nitrogens with one attached hydrogen (secondary N) is 1. The van der Waals surface area contributed by atoms with E-state index in [9.17, 15) is 8.42 Å². The third-order valence-corrected chi connectivity index (χ3v) is 2.88. The van der Waals surface area contributed by atoms with Gasteiger partial charge in [0.05, 0.1) is 11.4 Å². The molecule has 0 spiro atoms. The van der Waals surface area contributed by atoms with E-state index in [4.69, 9.17) is 5.73 Å². The van der Waals surface area contributed by atoms with E-state index in [1.807, 2.05) is 0 Å². The molecule has 0 atom stereocenters. The molecule has 5 nitrogen and oxygen atoms in total. The van der Waals surface area contributed by atoms with E-state index in [0.717, 1.165) is 0 Å². The van der Waals surface area contributed by atoms with Gasteiger partial charge in [0.25, 0.3) is 0 Å². The lowest BCUT2D eigenvalue weighted by atomic mass is 10.2. The van der Waals surface area contributed by atoms with Crippen LogP contribution in [-0.2, 0) is 15.8 Å². The zero-order valence-electron chi connectivity index (χ0n) is 6.11. The van der Waals surface area contributed by atoms with Crippen LogP contribution in [0.25, 0.3) is 0 Å². The maximum Gasteiger partial charge on any atom is 0.237 e. The summed E-state index contributed by atoms with van der Waals surface area (Å²) in [5, 5.41) is 0. The van der Waals surface area contributed by atoms with Crippen molar-refractivity contribution in [2.24, 2.45) is 0 Å². The molecule has 0 saturated carbocycles. The number of nitrogens with two attached hydrogens (primary N) is 1. The standard InChI is InChI=1S/C6H7N3O2S/c7-6-5-4(1-2-8-6)3-12(10,11)9-5/h1-2,9H,3H2,(H2,7,8). The molecular weight excluding hydrogens is 178 g/mol. The van der Waals surface area contributed by atoms with Crippen molar-refractivity contribution < 1.29 is 8.42 Å². The molecule has 1 aliphatic heterocycles. The average Bonchev–Trinajstić information content (AvgIpc) is 2.25. The minimum absolute atomic E-state index is 0.00491. The number of pyridine rings is 1. The van der Waals surface area contributed by atoms with Gasteiger partial charge in [-0.05, 0) is 11.6 Å². The zero-order chi connectivity index (χ0) is 8.77. The molecule has 64 valence electrons. The summed E-state index contributed by atoms with van der Waals surface area (Å²) in [7, 11) is -3.20. The number of hydrogen-bond donors (Lipinski definition) is 2. The number of aromatic nitrogens is 1. The van der Waals surface area contributed by atoms with Crippen molar-refractivity contribution in [3.8, 4) is 0 Å². The second-order valence-electron chi connectivity index (χ2n) is 2.59. The van der Waals surface area contributed by atoms with Gasteiger partial charge in [0.1, 0.15) is 5.82 Å². The molecule has 1 aromatic rings. The molecule has 3 N–H and O–H groups in total. The summed E-state index contributed by atoms with van der Waals surface area (Å²) >= 11 is 0. The number of sulfonamides is 1. The summed E-state index contributed by atoms with van der Waals surface area (Å²) in [5.41, 5.74) is 6.57. The number of nitrogen functional groups attached to an aromatic ring is 1. The van der Waals surface area contributed by atoms with Crippen LogP contribution in [0.5, 0.6) is 0 Å². The summed E-state index contributed by atoms with van der Waals surface area (Å²) in [5.74, 6) is 0.225. The highest BCUT2D eigenvalue weighted by Gasteiger charge is 2.25. The Morgan fingerprint density at radius 1 is 1.58 bits per heavy atom. The van der Waals surface area contributed by atoms with Crippen LogP contribution in [0.4, 0.5) is 11.5 Å². The molecule has 0 fully saturated rings. The van der Waals surface area contributed by atoms with Gasteiger partial charge in [-0.2, -0.15) is 0 Å². The normalized spacial score (nSPS) is 18.3. The van der Waals surface area contributed by atoms with E-state index < -0.39 is 10.0 Å². The van der Waals surface area contributed by atoms with E-state index in [1.165, 1.54) is 6.20 Å². The molecule has 1 aliphatic rings. The lowest BCUT2D eigenvalue weighted by molar-refractivity contribution is 0.602. The van der Waals surface area contributed by atoms with E-state index >= 15 is 0 Å². The number of anilines is 2. The highest BCUT2D eigenvalue weighted by Crippen LogP contribution is 2.30. The fourth-order valence-electron chi connectivity index (χ4n) is 1.15. The fraction of sp³-hybridized carbons (Fsp3) is 0.167. The molecule has 0 saturated heterocycles. The first kappa shape index (κ1) is 7.35. The molecular formula is C6H7N3O2S. The largest absolute Gasteiger partial charge is 0.382 e. The SMILES string of the molecule is Nc1nccc2c1NS(=O)(=O)C2. The molecule has 0 aromatic carbocycles. The molecule has 0 radical (unpaired) electrons. The summed E-state index contributed by atoms with van der Waals surface area (Å²) in [6.07, 6.45) is 1.50. The van der Waals surface area contributed by atoms with Gasteiger partial charge in [0, 0.05) is 6.20 Å². The molecule has 0 bridgehead atoms. The first-order chi connectivity index (χ1) is 5.58. The Kier molecular flexibility index (Phi) is 1.29. The van der Waals surface area contributed by atoms with Gasteiger partial charge in [-0.15, -0.1) is 0 Å². The van der Waals surface area contributed by atoms with Crippen molar-refractivity contribution in [3.63, 3.8) is 0 Å². The van der Waals surface area contributed by atoms with Crippen LogP contribution in [0.2, 0.25) is 0 Å². The van der Waals surface area contributed by atoms with Crippen molar-refractivity contribution in [2.45, 2.75) is 5.75 Å². The van der Waals surface area contributed by atoms with Crippen LogP contribution in [-0.4, -0.2) is 13.4 Å². The number of hydrogen-bond acceptors (Lipinski definition) is 4. The fourth-order valence-corrected chi connectivity index (χ4v) is 2.42. The first-order valence-corrected chi connectivity index (χ1v) is 4.97. The van der Waals surface area contributed by atoms with Gasteiger partial charge in [-0.3, -0.25) is 4.72 Å². The van der Waals surface area contributed by atoms with Gasteiger partial charge in [-0.25, -0.2) is 13.4 Å². The minimum Gasteiger partial charge on any atom is -0.382 e. The minimum atomic E-state index is -3.20. The second-order valence-corrected chi connectivity index (χ2v) is 4.31. The van der Waals surface area contributed by atoms with Gasteiger partial charge < -0.3 is 5.73 Å². The lowest BCUT2D eigenvalue weighted by Crippen LogP contribution is -2.06. The highest BCUT2D eigenvalue weighted by atomic mass is 32.2. The summed E-state index contributed by atoms with van der Waals surface area (Å²) in [4.78, 5) is 3.77. The van der Waals surface area contributed by atoms with Crippen molar-refractivity contribution in [2.75, 3.05) is 10.5 Å². The molecule has 12 heavy (non-hydrogen) atoms. The Hall–Kier alpha value is -1.30. The van der Waals surface area contributed by atoms with E-state index in [-0.39, 0.29) is 11.6 Å². The number of nitrogens with zero attached hydrogens (tertiary/aromatic N) is 1. The highest BCUT2D eigenvalue weighted by molar-refractivity contribution is 7.92. The first-order valence-electron chi connectivity index (χ1n) is 3.32. The maximum absolute atomic E-state index is 11.0. The Morgan fingerprint density at radius 3 is 3.00 bits per heavy atom. The number of rotatable bonds is 0. The third kappa shape index (κ3) is 1.00. The molecule has 2 rings (SSSR count). The molecule has 0 amide bonds. The van der Waals surface area contributed by atoms with Crippen LogP contribution in [0.1, 0.15) is 5.56 Å². The second kappa shape index (κ2) is 2.10. The monoisotopic (exact) mass is 185 g/mol. The molecule has 6 heteroatoms. The Bertz CT molecular complexity index is 426. The van der Waals surface area contributed by atoms with Gasteiger partial charge >= 0.3 is 0 Å². The van der Waals surface area contributed by atoms with Gasteiger partial charge in [-0.1, -0.05) is 0 Å². The zero-order valence-corrected chi connectivity index (χ0v) is 6.93. The predicted molar refractivity (Wildman–Crippen MR) is 44.9 cm³/mol. The Labute approximate surface area is 69.7 Å². The van der Waals surface area contributed by atoms with Crippen LogP contribution in [0, 0.1) is 0 Å². The van der Waals surface area contributed by atoms with Crippen molar-refractivity contribution in [1.29, 1.82) is 0 Å². The van der Waals surface area contributed by atoms with Crippen LogP contribution >= 0.6 is 0 Å². The van der Waals surface area contributed by atoms with Crippen molar-refractivity contribution in [1.82, 2.24) is 4.98 Å². The molecule has 1 aromatic heterocycles. The van der Waals surface area contributed by atoms with E-state index in [0.29, 0.717) is 11.3 Å². The molecule has 0 unspecified atom stereocenters. The Balaban J connectivity index is 2.63.